The molecule has 3 atom stereocenters. The minimum Gasteiger partial charge on any atom is -0.507 e. The molecule has 6 aromatic rings. The van der Waals surface area contributed by atoms with E-state index in [2.05, 4.69) is 117 Å². The van der Waals surface area contributed by atoms with E-state index >= 15 is 0 Å². The molecule has 3 aliphatic heterocycles. The first-order chi connectivity index (χ1) is 54.0. The molecule has 3 fully saturated rings. The summed E-state index contributed by atoms with van der Waals surface area (Å²) in [5.74, 6) is -6.61. The smallest absolute Gasteiger partial charge is 0.410 e. The summed E-state index contributed by atoms with van der Waals surface area (Å²) in [4.78, 5) is 93.1. The highest BCUT2D eigenvalue weighted by molar-refractivity contribution is 9.11. The molecule has 0 unspecified atom stereocenters. The van der Waals surface area contributed by atoms with Crippen LogP contribution < -0.4 is 14.8 Å². The van der Waals surface area contributed by atoms with E-state index in [-0.39, 0.29) is 136 Å². The first-order valence-corrected chi connectivity index (χ1v) is 40.1. The van der Waals surface area contributed by atoms with Gasteiger partial charge in [-0.15, -0.1) is 0 Å². The van der Waals surface area contributed by atoms with Crippen molar-refractivity contribution < 1.29 is 109 Å². The van der Waals surface area contributed by atoms with Gasteiger partial charge in [-0.2, -0.15) is 0 Å². The average molecular weight is 1950 g/mol. The van der Waals surface area contributed by atoms with E-state index < -0.39 is 69.7 Å². The molecule has 3 aliphatic rings. The number of amides is 3. The van der Waals surface area contributed by atoms with Crippen molar-refractivity contribution in [3.8, 4) is 23.0 Å². The lowest BCUT2D eigenvalue weighted by Crippen LogP contribution is -2.55. The van der Waals surface area contributed by atoms with Crippen molar-refractivity contribution in [3.05, 3.63) is 181 Å². The Kier molecular flexibility index (Phi) is 41.2. The fraction of sp³-hybridized carbons (Fsp3) is 0.463. The average Bonchev–Trinajstić information content (AvgIpc) is 0.810. The number of piperazine rings is 3. The van der Waals surface area contributed by atoms with Crippen molar-refractivity contribution in [1.29, 1.82) is 0 Å². The summed E-state index contributed by atoms with van der Waals surface area (Å²) in [6.07, 6.45) is 0.740. The van der Waals surface area contributed by atoms with Crippen molar-refractivity contribution in [2.45, 2.75) is 137 Å². The largest absolute Gasteiger partial charge is 0.507 e. The molecule has 116 heavy (non-hydrogen) atoms. The number of ether oxygens (including phenoxy) is 9. The number of hydrogen-bond donors (Lipinski definition) is 4. The van der Waals surface area contributed by atoms with Crippen LogP contribution in [0, 0.1) is 23.3 Å². The number of carbonyl (C=O) groups is 7. The number of carbonyl (C=O) groups excluding carboxylic acids is 7. The quantitative estimate of drug-likeness (QED) is 0.0269. The molecule has 0 aliphatic carbocycles. The van der Waals surface area contributed by atoms with Crippen molar-refractivity contribution in [2.24, 2.45) is 0 Å². The summed E-state index contributed by atoms with van der Waals surface area (Å²) in [6, 6.07) is 25.4. The Labute approximate surface area is 722 Å². The zero-order valence-corrected chi connectivity index (χ0v) is 74.3. The summed E-state index contributed by atoms with van der Waals surface area (Å²) >= 11 is 29.8. The number of aromatic hydroxyl groups is 2. The number of aliphatic hydroxyl groups is 1. The minimum absolute atomic E-state index is 0. The molecule has 0 saturated carbocycles. The van der Waals surface area contributed by atoms with Gasteiger partial charge in [-0.05, 0) is 187 Å². The number of rotatable bonds is 18. The highest BCUT2D eigenvalue weighted by atomic mass is 79.9. The van der Waals surface area contributed by atoms with Gasteiger partial charge in [0.2, 0.25) is 0 Å². The number of phenols is 2. The normalized spacial score (nSPS) is 15.6. The summed E-state index contributed by atoms with van der Waals surface area (Å²) < 4.78 is 100. The Balaban J connectivity index is 0.000000319. The number of hydrogen-bond acceptors (Lipinski definition) is 22. The maximum Gasteiger partial charge on any atom is 0.410 e. The molecule has 3 amide bonds. The first kappa shape index (κ1) is 101. The van der Waals surface area contributed by atoms with Crippen LogP contribution in [0.4, 0.5) is 31.9 Å². The summed E-state index contributed by atoms with van der Waals surface area (Å²) in [7, 11) is 4.67. The molecule has 4 N–H and O–H groups in total. The molecule has 0 bridgehead atoms. The van der Waals surface area contributed by atoms with Crippen molar-refractivity contribution >= 4 is 141 Å². The lowest BCUT2D eigenvalue weighted by atomic mass is 10.1. The van der Waals surface area contributed by atoms with Crippen LogP contribution in [-0.2, 0) is 46.2 Å². The van der Waals surface area contributed by atoms with Crippen LogP contribution in [0.25, 0.3) is 0 Å². The molecule has 0 radical (unpaired) electrons. The molecule has 640 valence electrons. The number of halogens is 11. The third-order valence-corrected chi connectivity index (χ3v) is 21.5. The first-order valence-electron chi connectivity index (χ1n) is 35.8. The third-order valence-electron chi connectivity index (χ3n) is 16.8. The second-order valence-corrected chi connectivity index (χ2v) is 33.2. The molecule has 0 spiro atoms. The van der Waals surface area contributed by atoms with Crippen LogP contribution in [0.2, 0.25) is 15.1 Å². The van der Waals surface area contributed by atoms with Crippen LogP contribution in [0.1, 0.15) is 142 Å². The molecule has 25 nitrogen and oxygen atoms in total. The Morgan fingerprint density at radius 3 is 1.22 bits per heavy atom. The highest BCUT2D eigenvalue weighted by Crippen LogP contribution is 2.41. The molecular weight excluding hydrogens is 1850 g/mol. The van der Waals surface area contributed by atoms with E-state index in [1.165, 1.54) is 19.8 Å². The van der Waals surface area contributed by atoms with Gasteiger partial charge in [-0.3, -0.25) is 9.80 Å². The van der Waals surface area contributed by atoms with Crippen LogP contribution >= 0.6 is 98.5 Å². The standard InChI is InChI=1S/C26H31BrClFN2O5.C19H25BrClFN2O5.C18H28N2O3.C8H5BrClFO3.C8H6BrFO3.CH4/c1-26(2,3)36-25(33)31-12-11-30(15-17-8-6-5-7-9-17)18(16-31)10-13-35-23-19(24(32)34-4)14-20(29)21(27)22(23)28;1-19(2,3)29-18(26)24-7-6-23-11(10-24)5-8-28-16-12(17(25)27-4)9-13(22)14(20)15(16)21;1-18(2,3)23-17(22)20-11-10-19(16(14-20)9-12-21)13-15-7-5-4-6-8-15;1-14-8(13)3-2-4(11)5(9)6(10)7(3)12;1-13-8(12)4-2-6(10)5(9)3-7(4)11;/h5-9,14,18H,10-13,15-16H2,1-4H3;9,11,23H,5-8,10H2,1-4H3;4-8,16,21H,9-14H2,1-3H3;2,12H,1H3;2-3,11H,1H3;1H4/t18-;11-;16-;;;/m000.../s1. The molecule has 9 rings (SSSR count). The van der Waals surface area contributed by atoms with E-state index in [9.17, 15) is 66.4 Å². The van der Waals surface area contributed by atoms with Gasteiger partial charge in [-0.25, -0.2) is 51.1 Å². The minimum atomic E-state index is -0.851. The molecule has 0 aromatic heterocycles. The molecule has 6 aromatic carbocycles. The number of aliphatic hydroxyl groups excluding tert-OH is 1. The van der Waals surface area contributed by atoms with Crippen molar-refractivity contribution in [1.82, 2.24) is 29.8 Å². The number of esters is 4. The van der Waals surface area contributed by atoms with Gasteiger partial charge in [-0.1, -0.05) is 103 Å². The Bertz CT molecular complexity index is 4310. The predicted molar refractivity (Wildman–Crippen MR) is 445 cm³/mol. The topological polar surface area (TPSA) is 291 Å². The fourth-order valence-electron chi connectivity index (χ4n) is 11.3. The lowest BCUT2D eigenvalue weighted by molar-refractivity contribution is -0.00131. The summed E-state index contributed by atoms with van der Waals surface area (Å²) in [6.45, 7) is 24.0. The SMILES string of the molecule is C.CC(C)(C)OC(=O)N1CCN(Cc2ccccc2)[C@@H](CCO)C1.COC(=O)c1cc(F)c(Br)c(Cl)c1O.COC(=O)c1cc(F)c(Br)c(Cl)c1OCC[C@H]1CN(C(=O)OC(C)(C)C)CCN1.COC(=O)c1cc(F)c(Br)c(Cl)c1OCC[C@H]1CN(C(=O)OC(C)(C)C)CCN1Cc1ccccc1.COC(=O)c1cc(F)c(Br)cc1O. The number of methoxy groups -OCH3 is 4. The molecule has 36 heteroatoms. The van der Waals surface area contributed by atoms with E-state index in [4.69, 9.17) is 63.2 Å². The van der Waals surface area contributed by atoms with E-state index in [0.29, 0.717) is 78.2 Å². The van der Waals surface area contributed by atoms with E-state index in [0.717, 1.165) is 63.2 Å². The van der Waals surface area contributed by atoms with Crippen LogP contribution in [0.3, 0.4) is 0 Å². The molecular formula is C80H99Br4Cl3F4N6O19. The van der Waals surface area contributed by atoms with E-state index in [1.807, 2.05) is 98.7 Å². The van der Waals surface area contributed by atoms with Crippen LogP contribution in [-0.4, -0.2) is 224 Å². The van der Waals surface area contributed by atoms with Gasteiger partial charge in [0.15, 0.2) is 11.5 Å². The van der Waals surface area contributed by atoms with Crippen LogP contribution in [0.5, 0.6) is 23.0 Å². The van der Waals surface area contributed by atoms with Crippen LogP contribution in [0.15, 0.2) is 109 Å². The number of phenolic OH excluding ortho intramolecular Hbond substituents is 2. The zero-order valence-electron chi connectivity index (χ0n) is 65.7. The van der Waals surface area contributed by atoms with Gasteiger partial charge in [0.1, 0.15) is 88.9 Å². The maximum absolute atomic E-state index is 14.2. The lowest BCUT2D eigenvalue weighted by Gasteiger charge is -2.41. The fourth-order valence-corrected chi connectivity index (χ4v) is 13.2. The van der Waals surface area contributed by atoms with Gasteiger partial charge in [0.25, 0.3) is 0 Å². The highest BCUT2D eigenvalue weighted by Gasteiger charge is 2.36. The van der Waals surface area contributed by atoms with Gasteiger partial charge < -0.3 is 78.0 Å². The third kappa shape index (κ3) is 31.4. The second kappa shape index (κ2) is 47.4. The number of nitrogens with zero attached hydrogens (tertiary/aromatic N) is 5. The van der Waals surface area contributed by atoms with Gasteiger partial charge in [0, 0.05) is 96.7 Å². The number of nitrogens with one attached hydrogen (secondary N) is 1. The zero-order chi connectivity index (χ0) is 86.0. The Morgan fingerprint density at radius 2 is 0.828 bits per heavy atom. The maximum atomic E-state index is 14.2. The van der Waals surface area contributed by atoms with Crippen molar-refractivity contribution in [2.75, 3.05) is 107 Å². The predicted octanol–water partition coefficient (Wildman–Crippen LogP) is 17.9. The summed E-state index contributed by atoms with van der Waals surface area (Å²) in [5, 5.41) is 30.9. The second-order valence-electron chi connectivity index (χ2n) is 28.8. The Morgan fingerprint density at radius 1 is 0.474 bits per heavy atom. The Hall–Kier alpha value is -7.44. The monoisotopic (exact) mass is 1940 g/mol. The number of benzene rings is 6. The van der Waals surface area contributed by atoms with Gasteiger partial charge in [0.05, 0.1) is 59.5 Å². The van der Waals surface area contributed by atoms with E-state index in [1.54, 1.807) is 14.7 Å². The molecule has 3 saturated heterocycles. The van der Waals surface area contributed by atoms with Crippen molar-refractivity contribution in [3.63, 3.8) is 0 Å². The summed E-state index contributed by atoms with van der Waals surface area (Å²) in [5.41, 5.74) is 0.0969. The molecule has 3 heterocycles. The van der Waals surface area contributed by atoms with Gasteiger partial charge >= 0.3 is 42.2 Å².